The van der Waals surface area contributed by atoms with E-state index in [-0.39, 0.29) is 11.2 Å². The second kappa shape index (κ2) is 2.48. The van der Waals surface area contributed by atoms with Crippen molar-refractivity contribution in [3.8, 4) is 0 Å². The van der Waals surface area contributed by atoms with Gasteiger partial charge in [-0.1, -0.05) is 39.8 Å². The van der Waals surface area contributed by atoms with Gasteiger partial charge in [0.05, 0.1) is 0 Å². The third-order valence-corrected chi connectivity index (χ3v) is 3.42. The molecule has 0 spiro atoms. The molecule has 1 fully saturated rings. The summed E-state index contributed by atoms with van der Waals surface area (Å²) in [6, 6.07) is 0. The van der Waals surface area contributed by atoms with Gasteiger partial charge in [-0.2, -0.15) is 0 Å². The summed E-state index contributed by atoms with van der Waals surface area (Å²) in [4.78, 5) is 0. The van der Waals surface area contributed by atoms with Crippen LogP contribution in [-0.4, -0.2) is 11.2 Å². The molecule has 0 bridgehead atoms. The highest BCUT2D eigenvalue weighted by atomic mass is 16.6. The third kappa shape index (κ3) is 0.912. The van der Waals surface area contributed by atoms with Crippen LogP contribution in [0.15, 0.2) is 24.3 Å². The minimum atomic E-state index is -0.00405. The van der Waals surface area contributed by atoms with Crippen LogP contribution < -0.4 is 0 Å². The monoisotopic (exact) mass is 178 g/mol. The fraction of sp³-hybridized carbons (Fsp3) is 0.667. The van der Waals surface area contributed by atoms with E-state index in [1.807, 2.05) is 0 Å². The first-order valence-corrected chi connectivity index (χ1v) is 5.12. The molecule has 13 heavy (non-hydrogen) atoms. The molecule has 1 aliphatic heterocycles. The smallest absolute Gasteiger partial charge is 0.123 e. The van der Waals surface area contributed by atoms with Crippen molar-refractivity contribution < 1.29 is 4.74 Å². The van der Waals surface area contributed by atoms with E-state index in [1.54, 1.807) is 0 Å². The van der Waals surface area contributed by atoms with Crippen molar-refractivity contribution in [2.45, 2.75) is 38.9 Å². The van der Waals surface area contributed by atoms with Gasteiger partial charge in [0.15, 0.2) is 0 Å². The van der Waals surface area contributed by atoms with Crippen molar-refractivity contribution in [3.05, 3.63) is 24.3 Å². The summed E-state index contributed by atoms with van der Waals surface area (Å²) in [5, 5.41) is 0. The lowest BCUT2D eigenvalue weighted by molar-refractivity contribution is 0.250. The molecule has 1 nitrogen and oxygen atoms in total. The average Bonchev–Trinajstić information content (AvgIpc) is 2.75. The summed E-state index contributed by atoms with van der Waals surface area (Å²) in [5.74, 6) is 1.10. The molecule has 0 aromatic carbocycles. The zero-order valence-electron chi connectivity index (χ0n) is 8.87. The Balaban J connectivity index is 2.35. The molecule has 2 unspecified atom stereocenters. The van der Waals surface area contributed by atoms with Crippen LogP contribution in [0.1, 0.15) is 27.7 Å². The maximum absolute atomic E-state index is 6.00. The average molecular weight is 178 g/mol. The predicted octanol–water partition coefficient (Wildman–Crippen LogP) is 2.93. The molecule has 1 aliphatic carbocycles. The highest BCUT2D eigenvalue weighted by Gasteiger charge is 2.70. The molecule has 72 valence electrons. The zero-order valence-corrected chi connectivity index (χ0v) is 8.87. The molecule has 1 heterocycles. The topological polar surface area (TPSA) is 12.5 Å². The minimum Gasteiger partial charge on any atom is -0.353 e. The lowest BCUT2D eigenvalue weighted by Crippen LogP contribution is -2.33. The number of hydrogen-bond acceptors (Lipinski definition) is 1. The first-order valence-electron chi connectivity index (χ1n) is 5.12. The van der Waals surface area contributed by atoms with Gasteiger partial charge >= 0.3 is 0 Å². The Hall–Kier alpha value is -0.560. The van der Waals surface area contributed by atoms with Gasteiger partial charge in [0.2, 0.25) is 0 Å². The maximum atomic E-state index is 6.00. The van der Waals surface area contributed by atoms with E-state index in [9.17, 15) is 0 Å². The summed E-state index contributed by atoms with van der Waals surface area (Å²) >= 11 is 0. The Morgan fingerprint density at radius 2 is 1.23 bits per heavy atom. The normalized spacial score (nSPS) is 41.4. The Labute approximate surface area is 80.5 Å². The molecule has 0 amide bonds. The molecular formula is C12H18O. The van der Waals surface area contributed by atoms with Gasteiger partial charge in [-0.15, -0.1) is 0 Å². The fourth-order valence-electron chi connectivity index (χ4n) is 2.50. The molecule has 2 atom stereocenters. The molecular weight excluding hydrogens is 160 g/mol. The number of epoxide rings is 1. The first-order chi connectivity index (χ1) is 6.05. The first kappa shape index (κ1) is 9.01. The van der Waals surface area contributed by atoms with Crippen molar-refractivity contribution in [1.29, 1.82) is 0 Å². The molecule has 1 saturated heterocycles. The largest absolute Gasteiger partial charge is 0.353 e. The van der Waals surface area contributed by atoms with Crippen LogP contribution in [0, 0.1) is 11.8 Å². The third-order valence-electron chi connectivity index (χ3n) is 3.42. The predicted molar refractivity (Wildman–Crippen MR) is 54.5 cm³/mol. The van der Waals surface area contributed by atoms with Crippen LogP contribution in [0.5, 0.6) is 0 Å². The molecule has 0 radical (unpaired) electrons. The lowest BCUT2D eigenvalue weighted by atomic mass is 9.75. The highest BCUT2D eigenvalue weighted by Crippen LogP contribution is 2.60. The van der Waals surface area contributed by atoms with Crippen molar-refractivity contribution in [2.75, 3.05) is 0 Å². The summed E-state index contributed by atoms with van der Waals surface area (Å²) in [5.41, 5.74) is -0.00810. The van der Waals surface area contributed by atoms with Crippen LogP contribution in [0.4, 0.5) is 0 Å². The maximum Gasteiger partial charge on any atom is 0.123 e. The number of allylic oxidation sites excluding steroid dienone is 2. The van der Waals surface area contributed by atoms with Gasteiger partial charge in [-0.05, 0) is 24.0 Å². The zero-order chi connectivity index (χ0) is 9.69. The van der Waals surface area contributed by atoms with Gasteiger partial charge in [-0.3, -0.25) is 0 Å². The number of ether oxygens (including phenoxy) is 1. The molecule has 0 N–H and O–H groups in total. The summed E-state index contributed by atoms with van der Waals surface area (Å²) in [6.07, 6.45) is 8.65. The molecule has 1 heteroatoms. The summed E-state index contributed by atoms with van der Waals surface area (Å²) < 4.78 is 6.00. The van der Waals surface area contributed by atoms with Crippen LogP contribution >= 0.6 is 0 Å². The molecule has 0 saturated carbocycles. The van der Waals surface area contributed by atoms with Gasteiger partial charge in [0.1, 0.15) is 11.2 Å². The Morgan fingerprint density at radius 1 is 0.846 bits per heavy atom. The number of fused-ring (bicyclic) bond motifs is 1. The van der Waals surface area contributed by atoms with Crippen molar-refractivity contribution in [3.63, 3.8) is 0 Å². The van der Waals surface area contributed by atoms with E-state index >= 15 is 0 Å². The summed E-state index contributed by atoms with van der Waals surface area (Å²) in [7, 11) is 0. The quantitative estimate of drug-likeness (QED) is 0.592. The van der Waals surface area contributed by atoms with E-state index in [0.717, 1.165) is 0 Å². The molecule has 0 aromatic rings. The van der Waals surface area contributed by atoms with E-state index in [2.05, 4.69) is 52.0 Å². The Morgan fingerprint density at radius 3 is 1.54 bits per heavy atom. The van der Waals surface area contributed by atoms with Crippen molar-refractivity contribution in [2.24, 2.45) is 11.8 Å². The highest BCUT2D eigenvalue weighted by molar-refractivity contribution is 5.40. The van der Waals surface area contributed by atoms with Gasteiger partial charge in [0, 0.05) is 0 Å². The molecule has 2 aliphatic rings. The number of rotatable bonds is 2. The van der Waals surface area contributed by atoms with Gasteiger partial charge < -0.3 is 4.74 Å². The SMILES string of the molecule is CC(C)C12C=CC=CC1(C(C)C)O2. The van der Waals surface area contributed by atoms with Gasteiger partial charge in [0.25, 0.3) is 0 Å². The number of hydrogen-bond donors (Lipinski definition) is 0. The van der Waals surface area contributed by atoms with Gasteiger partial charge in [-0.25, -0.2) is 0 Å². The standard InChI is InChI=1S/C12H18O/c1-9(2)11-7-5-6-8-12(11,13-11)10(3)4/h5-10H,1-4H3. The lowest BCUT2D eigenvalue weighted by Gasteiger charge is -2.22. The Kier molecular flexibility index (Phi) is 1.72. The van der Waals surface area contributed by atoms with Crippen LogP contribution in [-0.2, 0) is 4.74 Å². The van der Waals surface area contributed by atoms with Crippen LogP contribution in [0.25, 0.3) is 0 Å². The fourth-order valence-corrected chi connectivity index (χ4v) is 2.50. The summed E-state index contributed by atoms with van der Waals surface area (Å²) in [6.45, 7) is 8.92. The molecule has 0 aromatic heterocycles. The van der Waals surface area contributed by atoms with Crippen LogP contribution in [0.3, 0.4) is 0 Å². The minimum absolute atomic E-state index is 0.00405. The second-order valence-corrected chi connectivity index (χ2v) is 4.72. The van der Waals surface area contributed by atoms with Crippen molar-refractivity contribution in [1.82, 2.24) is 0 Å². The second-order valence-electron chi connectivity index (χ2n) is 4.72. The van der Waals surface area contributed by atoms with Crippen LogP contribution in [0.2, 0.25) is 0 Å². The Bertz CT molecular complexity index is 247. The van der Waals surface area contributed by atoms with E-state index in [1.165, 1.54) is 0 Å². The van der Waals surface area contributed by atoms with E-state index in [4.69, 9.17) is 4.74 Å². The van der Waals surface area contributed by atoms with E-state index < -0.39 is 0 Å². The van der Waals surface area contributed by atoms with Crippen molar-refractivity contribution >= 4 is 0 Å². The van der Waals surface area contributed by atoms with E-state index in [0.29, 0.717) is 11.8 Å². The molecule has 2 rings (SSSR count).